The average Bonchev–Trinajstić information content (AvgIpc) is 3.33. The van der Waals surface area contributed by atoms with Crippen LogP contribution in [0.4, 0.5) is 4.79 Å². The third-order valence-corrected chi connectivity index (χ3v) is 8.55. The summed E-state index contributed by atoms with van der Waals surface area (Å²) in [6.07, 6.45) is 6.65. The van der Waals surface area contributed by atoms with E-state index in [2.05, 4.69) is 11.1 Å². The largest absolute Gasteiger partial charge is 0.379 e. The van der Waals surface area contributed by atoms with E-state index < -0.39 is 11.4 Å². The first kappa shape index (κ1) is 22.6. The lowest BCUT2D eigenvalue weighted by molar-refractivity contribution is -0.144. The minimum atomic E-state index is -0.526. The molecule has 3 amide bonds. The van der Waals surface area contributed by atoms with Crippen LogP contribution in [0.25, 0.3) is 0 Å². The number of aryl methyl sites for hydroxylation is 1. The molecule has 3 aliphatic heterocycles. The molecule has 1 saturated carbocycles. The Hall–Kier alpha value is -2.19. The number of rotatable bonds is 4. The summed E-state index contributed by atoms with van der Waals surface area (Å²) in [5.41, 5.74) is 8.49. The number of nitrogens with two attached hydrogens (primary N) is 1. The van der Waals surface area contributed by atoms with Gasteiger partial charge in [0, 0.05) is 58.2 Å². The number of amides is 3. The topological polar surface area (TPSA) is 98.0 Å². The Balaban J connectivity index is 1.35. The van der Waals surface area contributed by atoms with Crippen molar-refractivity contribution in [3.63, 3.8) is 0 Å². The number of carbonyl (C=O) groups is 2. The molecule has 0 aromatic carbocycles. The lowest BCUT2D eigenvalue weighted by Crippen LogP contribution is -2.49. The van der Waals surface area contributed by atoms with Crippen LogP contribution in [0, 0.1) is 30.1 Å². The fourth-order valence-electron chi connectivity index (χ4n) is 6.93. The lowest BCUT2D eigenvalue weighted by atomic mass is 9.78. The van der Waals surface area contributed by atoms with Crippen LogP contribution in [0.3, 0.4) is 0 Å². The number of nitrogens with zero attached hydrogens (tertiary/aromatic N) is 3. The predicted molar refractivity (Wildman–Crippen MR) is 122 cm³/mol. The zero-order valence-electron chi connectivity index (χ0n) is 19.8. The number of primary amides is 1. The maximum atomic E-state index is 14.1. The number of fused-ring (bicyclic) bond motifs is 2. The van der Waals surface area contributed by atoms with E-state index in [1.807, 2.05) is 18.0 Å². The van der Waals surface area contributed by atoms with E-state index in [1.165, 1.54) is 0 Å². The Morgan fingerprint density at radius 2 is 2.21 bits per heavy atom. The molecule has 0 radical (unpaired) electrons. The average molecular weight is 457 g/mol. The van der Waals surface area contributed by atoms with Crippen LogP contribution >= 0.6 is 0 Å². The number of aromatic nitrogens is 1. The monoisotopic (exact) mass is 456 g/mol. The van der Waals surface area contributed by atoms with E-state index in [-0.39, 0.29) is 17.9 Å². The number of urea groups is 1. The molecule has 33 heavy (non-hydrogen) atoms. The quantitative estimate of drug-likeness (QED) is 0.748. The first-order valence-electron chi connectivity index (χ1n) is 12.3. The van der Waals surface area contributed by atoms with Gasteiger partial charge in [0.25, 0.3) is 0 Å². The third-order valence-electron chi connectivity index (χ3n) is 8.55. The summed E-state index contributed by atoms with van der Waals surface area (Å²) in [7, 11) is 1.76. The lowest BCUT2D eigenvalue weighted by Gasteiger charge is -2.37. The van der Waals surface area contributed by atoms with Gasteiger partial charge in [-0.25, -0.2) is 4.79 Å². The van der Waals surface area contributed by atoms with Crippen LogP contribution in [-0.2, 0) is 27.2 Å². The molecular formula is C25H36N4O4. The Labute approximate surface area is 195 Å². The summed E-state index contributed by atoms with van der Waals surface area (Å²) in [4.78, 5) is 34.4. The van der Waals surface area contributed by atoms with Gasteiger partial charge < -0.3 is 25.0 Å². The van der Waals surface area contributed by atoms with Crippen molar-refractivity contribution in [1.29, 1.82) is 0 Å². The fourth-order valence-corrected chi connectivity index (χ4v) is 6.93. The van der Waals surface area contributed by atoms with Gasteiger partial charge in [0.05, 0.1) is 18.1 Å². The van der Waals surface area contributed by atoms with Crippen LogP contribution in [0.1, 0.15) is 42.5 Å². The maximum Gasteiger partial charge on any atom is 0.314 e. The highest BCUT2D eigenvalue weighted by molar-refractivity contribution is 5.86. The van der Waals surface area contributed by atoms with E-state index in [4.69, 9.17) is 15.2 Å². The number of likely N-dealkylation sites (tertiary alicyclic amines) is 1. The number of pyridine rings is 1. The standard InChI is InChI=1S/C25H36N4O4/c1-16-7-19-12-28(5-3-21(19)27-11-16)23(30)25-10-17(8-18-4-6-33-14-22(18)32-2)9-20(25)13-29(15-25)24(26)31/h7,11,17-18,20,22H,3-6,8-10,12-15H2,1-2H3,(H2,26,31)/t17-,18+,20+,22-,25+/m1/s1. The van der Waals surface area contributed by atoms with Gasteiger partial charge in [-0.2, -0.15) is 0 Å². The molecule has 1 aromatic heterocycles. The molecule has 3 fully saturated rings. The van der Waals surface area contributed by atoms with Crippen LogP contribution < -0.4 is 5.73 Å². The maximum absolute atomic E-state index is 14.1. The molecule has 5 atom stereocenters. The fraction of sp³-hybridized carbons (Fsp3) is 0.720. The van der Waals surface area contributed by atoms with Gasteiger partial charge in [-0.1, -0.05) is 6.07 Å². The van der Waals surface area contributed by atoms with Gasteiger partial charge in [-0.15, -0.1) is 0 Å². The van der Waals surface area contributed by atoms with E-state index in [1.54, 1.807) is 12.0 Å². The molecule has 180 valence electrons. The molecule has 0 spiro atoms. The Morgan fingerprint density at radius 3 is 3.00 bits per heavy atom. The summed E-state index contributed by atoms with van der Waals surface area (Å²) >= 11 is 0. The van der Waals surface area contributed by atoms with Crippen LogP contribution in [0.2, 0.25) is 0 Å². The number of hydrogen-bond acceptors (Lipinski definition) is 5. The smallest absolute Gasteiger partial charge is 0.314 e. The SMILES string of the molecule is CO[C@@H]1COCC[C@H]1C[C@@H]1C[C@H]2CN(C(N)=O)C[C@@]2(C(=O)N2CCc3ncc(C)cc3C2)C1. The van der Waals surface area contributed by atoms with E-state index in [9.17, 15) is 9.59 Å². The highest BCUT2D eigenvalue weighted by Crippen LogP contribution is 2.54. The van der Waals surface area contributed by atoms with Crippen molar-refractivity contribution >= 4 is 11.9 Å². The van der Waals surface area contributed by atoms with Gasteiger partial charge in [0.15, 0.2) is 0 Å². The number of carbonyl (C=O) groups excluding carboxylic acids is 2. The second kappa shape index (κ2) is 8.87. The summed E-state index contributed by atoms with van der Waals surface area (Å²) in [5.74, 6) is 1.28. The van der Waals surface area contributed by atoms with Crippen molar-refractivity contribution in [2.45, 2.75) is 51.7 Å². The van der Waals surface area contributed by atoms with Crippen molar-refractivity contribution in [1.82, 2.24) is 14.8 Å². The molecule has 0 bridgehead atoms. The van der Waals surface area contributed by atoms with Crippen molar-refractivity contribution in [3.05, 3.63) is 29.1 Å². The molecular weight excluding hydrogens is 420 g/mol. The van der Waals surface area contributed by atoms with Crippen molar-refractivity contribution in [3.8, 4) is 0 Å². The molecule has 2 N–H and O–H groups in total. The van der Waals surface area contributed by atoms with E-state index in [0.29, 0.717) is 44.6 Å². The zero-order chi connectivity index (χ0) is 23.2. The van der Waals surface area contributed by atoms with E-state index in [0.717, 1.165) is 55.5 Å². The molecule has 4 aliphatic rings. The molecule has 2 saturated heterocycles. The normalized spacial score (nSPS) is 33.6. The Morgan fingerprint density at radius 1 is 1.36 bits per heavy atom. The van der Waals surface area contributed by atoms with Gasteiger partial charge in [0.1, 0.15) is 0 Å². The Kier molecular flexibility index (Phi) is 6.07. The zero-order valence-corrected chi connectivity index (χ0v) is 19.8. The third kappa shape index (κ3) is 4.12. The van der Waals surface area contributed by atoms with Crippen molar-refractivity contribution < 1.29 is 19.1 Å². The number of methoxy groups -OCH3 is 1. The summed E-state index contributed by atoms with van der Waals surface area (Å²) in [5, 5.41) is 0. The van der Waals surface area contributed by atoms with Gasteiger partial charge >= 0.3 is 6.03 Å². The van der Waals surface area contributed by atoms with Crippen LogP contribution in [0.5, 0.6) is 0 Å². The number of hydrogen-bond donors (Lipinski definition) is 1. The van der Waals surface area contributed by atoms with Crippen LogP contribution in [0.15, 0.2) is 12.3 Å². The highest BCUT2D eigenvalue weighted by atomic mass is 16.5. The first-order chi connectivity index (χ1) is 15.9. The summed E-state index contributed by atoms with van der Waals surface area (Å²) < 4.78 is 11.3. The summed E-state index contributed by atoms with van der Waals surface area (Å²) in [6, 6.07) is 1.73. The predicted octanol–water partition coefficient (Wildman–Crippen LogP) is 2.12. The minimum absolute atomic E-state index is 0.127. The molecule has 5 rings (SSSR count). The molecule has 8 heteroatoms. The molecule has 1 aromatic rings. The molecule has 8 nitrogen and oxygen atoms in total. The second-order valence-electron chi connectivity index (χ2n) is 10.6. The Bertz CT molecular complexity index is 924. The molecule has 0 unspecified atom stereocenters. The highest BCUT2D eigenvalue weighted by Gasteiger charge is 2.59. The molecule has 1 aliphatic carbocycles. The number of ether oxygens (including phenoxy) is 2. The molecule has 4 heterocycles. The van der Waals surface area contributed by atoms with Crippen molar-refractivity contribution in [2.24, 2.45) is 28.9 Å². The van der Waals surface area contributed by atoms with Crippen molar-refractivity contribution in [2.75, 3.05) is 40.0 Å². The summed E-state index contributed by atoms with van der Waals surface area (Å²) in [6.45, 7) is 5.78. The van der Waals surface area contributed by atoms with E-state index >= 15 is 0 Å². The minimum Gasteiger partial charge on any atom is -0.379 e. The van der Waals surface area contributed by atoms with Gasteiger partial charge in [-0.05, 0) is 61.5 Å². The second-order valence-corrected chi connectivity index (χ2v) is 10.6. The van der Waals surface area contributed by atoms with Crippen LogP contribution in [-0.4, -0.2) is 72.8 Å². The van der Waals surface area contributed by atoms with Gasteiger partial charge in [-0.3, -0.25) is 9.78 Å². The first-order valence-corrected chi connectivity index (χ1v) is 12.3. The van der Waals surface area contributed by atoms with Gasteiger partial charge in [0.2, 0.25) is 5.91 Å².